The minimum absolute atomic E-state index is 0.0984. The number of methoxy groups -OCH3 is 1. The Morgan fingerprint density at radius 3 is 3.00 bits per heavy atom. The van der Waals surface area contributed by atoms with Crippen LogP contribution in [0.5, 0.6) is 0 Å². The average Bonchev–Trinajstić information content (AvgIpc) is 2.67. The highest BCUT2D eigenvalue weighted by Gasteiger charge is 2.80. The van der Waals surface area contributed by atoms with Gasteiger partial charge in [-0.3, -0.25) is 0 Å². The molecule has 0 N–H and O–H groups in total. The largest absolute Gasteiger partial charge is 0.352 e. The summed E-state index contributed by atoms with van der Waals surface area (Å²) >= 11 is 0. The second kappa shape index (κ2) is 2.18. The lowest BCUT2D eigenvalue weighted by atomic mass is 9.73. The van der Waals surface area contributed by atoms with Gasteiger partial charge in [0.1, 0.15) is 0 Å². The molecule has 1 saturated heterocycles. The predicted molar refractivity (Wildman–Crippen MR) is 56.3 cm³/mol. The van der Waals surface area contributed by atoms with Crippen LogP contribution in [0.3, 0.4) is 0 Å². The zero-order chi connectivity index (χ0) is 10.3. The molecule has 0 aromatic rings. The summed E-state index contributed by atoms with van der Waals surface area (Å²) in [6.07, 6.45) is 9.69. The van der Waals surface area contributed by atoms with Gasteiger partial charge in [-0.05, 0) is 32.6 Å². The van der Waals surface area contributed by atoms with E-state index >= 15 is 0 Å². The first-order valence-corrected chi connectivity index (χ1v) is 6.10. The first-order valence-electron chi connectivity index (χ1n) is 6.10. The molecule has 1 aliphatic heterocycles. The summed E-state index contributed by atoms with van der Waals surface area (Å²) in [5.74, 6) is 1.04. The zero-order valence-electron chi connectivity index (χ0n) is 9.45. The predicted octanol–water partition coefficient (Wildman–Crippen LogP) is 2.49. The van der Waals surface area contributed by atoms with Crippen molar-refractivity contribution in [1.29, 1.82) is 0 Å². The first kappa shape index (κ1) is 8.77. The molecule has 0 amide bonds. The molecule has 4 aliphatic rings. The van der Waals surface area contributed by atoms with E-state index in [0.717, 1.165) is 6.42 Å². The van der Waals surface area contributed by atoms with E-state index in [2.05, 4.69) is 19.1 Å². The van der Waals surface area contributed by atoms with Gasteiger partial charge in [0.05, 0.1) is 5.60 Å². The molecule has 2 nitrogen and oxygen atoms in total. The molecule has 1 heterocycles. The Morgan fingerprint density at radius 2 is 2.27 bits per heavy atom. The van der Waals surface area contributed by atoms with Crippen molar-refractivity contribution in [2.45, 2.75) is 44.0 Å². The molecule has 0 radical (unpaired) electrons. The Balaban J connectivity index is 1.97. The summed E-state index contributed by atoms with van der Waals surface area (Å²) in [5, 5.41) is 0. The van der Waals surface area contributed by atoms with Crippen molar-refractivity contribution in [2.24, 2.45) is 17.3 Å². The number of hydrogen-bond donors (Lipinski definition) is 0. The van der Waals surface area contributed by atoms with Crippen LogP contribution in [0.25, 0.3) is 0 Å². The fraction of sp³-hybridized carbons (Fsp3) is 0.846. The normalized spacial score (nSPS) is 64.1. The lowest BCUT2D eigenvalue weighted by Gasteiger charge is -2.48. The van der Waals surface area contributed by atoms with Crippen molar-refractivity contribution in [3.8, 4) is 0 Å². The van der Waals surface area contributed by atoms with Gasteiger partial charge >= 0.3 is 0 Å². The van der Waals surface area contributed by atoms with Crippen LogP contribution in [0.1, 0.15) is 32.6 Å². The molecule has 0 aromatic carbocycles. The van der Waals surface area contributed by atoms with Gasteiger partial charge in [0.2, 0.25) is 0 Å². The van der Waals surface area contributed by atoms with Gasteiger partial charge < -0.3 is 9.47 Å². The number of rotatable bonds is 1. The molecule has 5 bridgehead atoms. The van der Waals surface area contributed by atoms with E-state index in [4.69, 9.17) is 9.47 Å². The Bertz CT molecular complexity index is 364. The third-order valence-corrected chi connectivity index (χ3v) is 5.62. The van der Waals surface area contributed by atoms with E-state index in [-0.39, 0.29) is 16.8 Å². The van der Waals surface area contributed by atoms with E-state index in [9.17, 15) is 0 Å². The fourth-order valence-corrected chi connectivity index (χ4v) is 5.10. The summed E-state index contributed by atoms with van der Waals surface area (Å²) in [6.45, 7) is 2.29. The molecule has 2 heteroatoms. The quantitative estimate of drug-likeness (QED) is 0.614. The first-order chi connectivity index (χ1) is 7.17. The van der Waals surface area contributed by atoms with Gasteiger partial charge in [-0.15, -0.1) is 0 Å². The van der Waals surface area contributed by atoms with E-state index in [0.29, 0.717) is 11.8 Å². The van der Waals surface area contributed by atoms with Crippen molar-refractivity contribution in [3.05, 3.63) is 12.2 Å². The van der Waals surface area contributed by atoms with E-state index in [1.165, 1.54) is 19.3 Å². The van der Waals surface area contributed by atoms with Gasteiger partial charge in [-0.1, -0.05) is 12.2 Å². The minimum atomic E-state index is -0.264. The zero-order valence-corrected chi connectivity index (χ0v) is 9.45. The number of allylic oxidation sites excluding steroid dienone is 1. The maximum atomic E-state index is 6.37. The van der Waals surface area contributed by atoms with Gasteiger partial charge in [0, 0.05) is 24.4 Å². The second-order valence-corrected chi connectivity index (χ2v) is 5.95. The molecule has 82 valence electrons. The number of ether oxygens (including phenoxy) is 2. The van der Waals surface area contributed by atoms with Crippen LogP contribution in [0, 0.1) is 17.3 Å². The Labute approximate surface area is 90.6 Å². The molecule has 1 spiro atoms. The van der Waals surface area contributed by atoms with Crippen LogP contribution in [0.4, 0.5) is 0 Å². The summed E-state index contributed by atoms with van der Waals surface area (Å²) in [4.78, 5) is 0. The highest BCUT2D eigenvalue weighted by molar-refractivity contribution is 5.32. The summed E-state index contributed by atoms with van der Waals surface area (Å²) in [6, 6.07) is 0. The topological polar surface area (TPSA) is 18.5 Å². The van der Waals surface area contributed by atoms with Gasteiger partial charge in [-0.25, -0.2) is 0 Å². The monoisotopic (exact) mass is 206 g/mol. The fourth-order valence-electron chi connectivity index (χ4n) is 5.10. The Kier molecular flexibility index (Phi) is 1.28. The van der Waals surface area contributed by atoms with Gasteiger partial charge in [-0.2, -0.15) is 0 Å². The van der Waals surface area contributed by atoms with Crippen molar-refractivity contribution in [3.63, 3.8) is 0 Å². The molecular weight excluding hydrogens is 188 g/mol. The van der Waals surface area contributed by atoms with Crippen LogP contribution in [-0.2, 0) is 9.47 Å². The summed E-state index contributed by atoms with van der Waals surface area (Å²) in [5.41, 5.74) is 0.320. The standard InChI is InChI=1S/C13H18O2/c1-11-6-7-12-5-3-4-9(8-10(11)12)13(12,14-2)15-11/h3,5,9-10H,4,6-8H2,1-2H3/t9-,10+,11+,12-,13+/m0/s1. The maximum Gasteiger partial charge on any atom is 0.181 e. The third kappa shape index (κ3) is 0.645. The van der Waals surface area contributed by atoms with Gasteiger partial charge in [0.25, 0.3) is 0 Å². The molecule has 0 unspecified atom stereocenters. The Morgan fingerprint density at radius 1 is 1.40 bits per heavy atom. The van der Waals surface area contributed by atoms with Crippen LogP contribution in [0.15, 0.2) is 12.2 Å². The number of hydrogen-bond acceptors (Lipinski definition) is 2. The second-order valence-electron chi connectivity index (χ2n) is 5.95. The van der Waals surface area contributed by atoms with Crippen molar-refractivity contribution in [1.82, 2.24) is 0 Å². The van der Waals surface area contributed by atoms with E-state index in [1.807, 2.05) is 7.11 Å². The molecule has 3 aliphatic carbocycles. The third-order valence-electron chi connectivity index (χ3n) is 5.62. The van der Waals surface area contributed by atoms with Crippen molar-refractivity contribution >= 4 is 0 Å². The molecule has 4 rings (SSSR count). The van der Waals surface area contributed by atoms with Crippen molar-refractivity contribution in [2.75, 3.05) is 7.11 Å². The van der Waals surface area contributed by atoms with E-state index in [1.54, 1.807) is 0 Å². The molecule has 5 atom stereocenters. The van der Waals surface area contributed by atoms with E-state index < -0.39 is 0 Å². The molecule has 15 heavy (non-hydrogen) atoms. The molecule has 0 aromatic heterocycles. The lowest BCUT2D eigenvalue weighted by molar-refractivity contribution is -0.315. The van der Waals surface area contributed by atoms with Crippen LogP contribution >= 0.6 is 0 Å². The van der Waals surface area contributed by atoms with Crippen LogP contribution < -0.4 is 0 Å². The molecular formula is C13H18O2. The Hall–Kier alpha value is -0.340. The van der Waals surface area contributed by atoms with Gasteiger partial charge in [0.15, 0.2) is 5.79 Å². The highest BCUT2D eigenvalue weighted by Crippen LogP contribution is 2.76. The molecule has 3 fully saturated rings. The molecule has 2 saturated carbocycles. The summed E-state index contributed by atoms with van der Waals surface area (Å²) < 4.78 is 12.2. The minimum Gasteiger partial charge on any atom is -0.352 e. The summed E-state index contributed by atoms with van der Waals surface area (Å²) in [7, 11) is 1.83. The smallest absolute Gasteiger partial charge is 0.181 e. The average molecular weight is 206 g/mol. The highest BCUT2D eigenvalue weighted by atomic mass is 16.7. The lowest BCUT2D eigenvalue weighted by Crippen LogP contribution is -2.53. The van der Waals surface area contributed by atoms with Crippen LogP contribution in [-0.4, -0.2) is 18.5 Å². The SMILES string of the molecule is CO[C@]12O[C@]3(C)CC[C@]14C=CC[C@H]2C[C@H]34. The van der Waals surface area contributed by atoms with Crippen molar-refractivity contribution < 1.29 is 9.47 Å². The van der Waals surface area contributed by atoms with Crippen LogP contribution in [0.2, 0.25) is 0 Å². The maximum absolute atomic E-state index is 6.37.